The van der Waals surface area contributed by atoms with Crippen LogP contribution in [0.2, 0.25) is 0 Å². The van der Waals surface area contributed by atoms with Gasteiger partial charge in [0.25, 0.3) is 0 Å². The van der Waals surface area contributed by atoms with Gasteiger partial charge in [-0.15, -0.1) is 0 Å². The van der Waals surface area contributed by atoms with Gasteiger partial charge in [0, 0.05) is 21.7 Å². The average Bonchev–Trinajstić information content (AvgIpc) is 3.09. The summed E-state index contributed by atoms with van der Waals surface area (Å²) in [6.07, 6.45) is 24.4. The van der Waals surface area contributed by atoms with Crippen molar-refractivity contribution in [1.29, 1.82) is 0 Å². The standard InChI is InChI=1S/2C16H36O7P2.C2H4O3.Ti/c2*1-3-5-7-9-11-13-15-21-25(20,23-24(17,18)19)22-16-14-12-10-8-6-4-2;3-1-2(4)5;/h2*3-16H2,1-2H3,(H2,17,18,19);3H,1H2,(H,4,5);. The van der Waals surface area contributed by atoms with Crippen LogP contribution in [0.3, 0.4) is 0 Å². The number of carboxylic acid groups (broad SMARTS) is 1. The van der Waals surface area contributed by atoms with Gasteiger partial charge in [-0.25, -0.2) is 23.1 Å². The second kappa shape index (κ2) is 42.4. The fourth-order valence-corrected chi connectivity index (χ4v) is 9.06. The molecule has 0 aromatic heterocycles. The zero-order valence-corrected chi connectivity index (χ0v) is 39.6. The Bertz CT molecular complexity index is 944. The zero-order valence-electron chi connectivity index (χ0n) is 34.5. The Labute approximate surface area is 352 Å². The van der Waals surface area contributed by atoms with Crippen molar-refractivity contribution in [3.05, 3.63) is 0 Å². The number of unbranched alkanes of at least 4 members (excludes halogenated alkanes) is 20. The molecule has 0 radical (unpaired) electrons. The Kier molecular flexibility index (Phi) is 47.9. The van der Waals surface area contributed by atoms with Crippen molar-refractivity contribution in [3.8, 4) is 0 Å². The predicted molar refractivity (Wildman–Crippen MR) is 214 cm³/mol. The first-order valence-corrected chi connectivity index (χ1v) is 26.1. The van der Waals surface area contributed by atoms with Crippen molar-refractivity contribution in [2.45, 2.75) is 182 Å². The maximum absolute atomic E-state index is 12.3. The molecule has 56 heavy (non-hydrogen) atoms. The largest absolute Gasteiger partial charge is 0.483 e. The van der Waals surface area contributed by atoms with Crippen molar-refractivity contribution in [3.63, 3.8) is 0 Å². The first kappa shape index (κ1) is 63.3. The number of aliphatic carboxylic acids is 1. The van der Waals surface area contributed by atoms with E-state index in [0.29, 0.717) is 25.7 Å². The number of hydrogen-bond acceptors (Lipinski definition) is 12. The first-order chi connectivity index (χ1) is 25.9. The van der Waals surface area contributed by atoms with E-state index in [0.717, 1.165) is 103 Å². The molecule has 0 aromatic carbocycles. The Morgan fingerprint density at radius 1 is 0.411 bits per heavy atom. The summed E-state index contributed by atoms with van der Waals surface area (Å²) in [6, 6.07) is 0. The molecule has 0 saturated carbocycles. The Hall–Kier alpha value is 0.664. The second-order valence-corrected chi connectivity index (χ2v) is 19.1. The quantitative estimate of drug-likeness (QED) is 0.0192. The molecule has 0 atom stereocenters. The van der Waals surface area contributed by atoms with E-state index in [4.69, 9.17) is 52.7 Å². The van der Waals surface area contributed by atoms with Crippen LogP contribution in [-0.4, -0.2) is 68.8 Å². The molecule has 0 amide bonds. The van der Waals surface area contributed by atoms with E-state index in [1.54, 1.807) is 0 Å². The molecule has 0 saturated heterocycles. The van der Waals surface area contributed by atoms with Crippen LogP contribution < -0.4 is 0 Å². The molecule has 17 nitrogen and oxygen atoms in total. The van der Waals surface area contributed by atoms with E-state index in [2.05, 4.69) is 36.3 Å². The Morgan fingerprint density at radius 3 is 0.750 bits per heavy atom. The summed E-state index contributed by atoms with van der Waals surface area (Å²) < 4.78 is 75.6. The van der Waals surface area contributed by atoms with Gasteiger partial charge in [0.05, 0.1) is 26.4 Å². The van der Waals surface area contributed by atoms with Gasteiger partial charge in [-0.2, -0.15) is 8.62 Å². The van der Waals surface area contributed by atoms with Crippen LogP contribution >= 0.6 is 31.3 Å². The second-order valence-electron chi connectivity index (χ2n) is 13.0. The average molecular weight is 929 g/mol. The SMILES string of the molecule is CCCCCCCCOP(=O)(OCCCCCCCC)OP(=O)(O)O.CCCCCCCCOP(=O)(OCCCCCCCC)OP(=O)(O)O.O=C(O)CO.[Ti]. The molecule has 0 aliphatic carbocycles. The molecular formula is C34H76O17P4Ti. The van der Waals surface area contributed by atoms with Gasteiger partial charge in [-0.05, 0) is 25.7 Å². The van der Waals surface area contributed by atoms with Gasteiger partial charge in [0.15, 0.2) is 0 Å². The maximum Gasteiger partial charge on any atom is 0.483 e. The van der Waals surface area contributed by atoms with E-state index in [1.807, 2.05) is 0 Å². The van der Waals surface area contributed by atoms with E-state index >= 15 is 0 Å². The zero-order chi connectivity index (χ0) is 42.3. The van der Waals surface area contributed by atoms with Gasteiger partial charge in [-0.1, -0.05) is 156 Å². The summed E-state index contributed by atoms with van der Waals surface area (Å²) >= 11 is 0. The summed E-state index contributed by atoms with van der Waals surface area (Å²) in [5.74, 6) is -1.19. The summed E-state index contributed by atoms with van der Waals surface area (Å²) in [5.41, 5.74) is 0. The molecule has 0 rings (SSSR count). The minimum absolute atomic E-state index is 0. The van der Waals surface area contributed by atoms with E-state index in [-0.39, 0.29) is 48.1 Å². The number of phosphoric ester groups is 2. The van der Waals surface area contributed by atoms with Crippen LogP contribution in [0, 0.1) is 0 Å². The fourth-order valence-electron chi connectivity index (χ4n) is 4.66. The van der Waals surface area contributed by atoms with Gasteiger partial charge in [0.2, 0.25) is 0 Å². The summed E-state index contributed by atoms with van der Waals surface area (Å²) in [7, 11) is -18.3. The van der Waals surface area contributed by atoms with Crippen molar-refractivity contribution in [2.24, 2.45) is 0 Å². The molecule has 6 N–H and O–H groups in total. The summed E-state index contributed by atoms with van der Waals surface area (Å²) in [4.78, 5) is 44.8. The Morgan fingerprint density at radius 2 is 0.589 bits per heavy atom. The fraction of sp³-hybridized carbons (Fsp3) is 0.971. The molecule has 0 heterocycles. The van der Waals surface area contributed by atoms with Crippen LogP contribution in [0.25, 0.3) is 0 Å². The number of rotatable bonds is 37. The van der Waals surface area contributed by atoms with Gasteiger partial charge < -0.3 is 29.8 Å². The third kappa shape index (κ3) is 52.7. The van der Waals surface area contributed by atoms with E-state index in [9.17, 15) is 18.3 Å². The number of carboxylic acids is 1. The predicted octanol–water partition coefficient (Wildman–Crippen LogP) is 11.0. The maximum atomic E-state index is 12.3. The van der Waals surface area contributed by atoms with Crippen LogP contribution in [0.4, 0.5) is 0 Å². The normalized spacial score (nSPS) is 11.9. The van der Waals surface area contributed by atoms with Crippen molar-refractivity contribution < 1.29 is 101 Å². The third-order valence-corrected chi connectivity index (χ3v) is 12.8. The molecule has 0 bridgehead atoms. The van der Waals surface area contributed by atoms with Crippen molar-refractivity contribution in [1.82, 2.24) is 0 Å². The number of aliphatic hydroxyl groups is 1. The topological polar surface area (TPSA) is 262 Å². The molecule has 0 spiro atoms. The molecule has 0 fully saturated rings. The molecule has 338 valence electrons. The smallest absolute Gasteiger partial charge is 0.480 e. The number of phosphoric acid groups is 4. The van der Waals surface area contributed by atoms with Gasteiger partial charge in [-0.3, -0.25) is 18.1 Å². The third-order valence-electron chi connectivity index (χ3n) is 7.54. The van der Waals surface area contributed by atoms with Crippen LogP contribution in [0.15, 0.2) is 0 Å². The molecule has 0 unspecified atom stereocenters. The van der Waals surface area contributed by atoms with Crippen LogP contribution in [0.5, 0.6) is 0 Å². The van der Waals surface area contributed by atoms with Crippen LogP contribution in [-0.2, 0) is 71.5 Å². The monoisotopic (exact) mass is 928 g/mol. The van der Waals surface area contributed by atoms with Gasteiger partial charge >= 0.3 is 37.3 Å². The van der Waals surface area contributed by atoms with E-state index < -0.39 is 43.9 Å². The van der Waals surface area contributed by atoms with Crippen LogP contribution in [0.1, 0.15) is 182 Å². The number of aliphatic hydroxyl groups excluding tert-OH is 1. The molecule has 22 heteroatoms. The summed E-state index contributed by atoms with van der Waals surface area (Å²) in [6.45, 7) is 8.17. The number of carbonyl (C=O) groups is 1. The first-order valence-electron chi connectivity index (χ1n) is 20.1. The Balaban J connectivity index is -0.000000423. The minimum atomic E-state index is -4.94. The summed E-state index contributed by atoms with van der Waals surface area (Å²) in [5, 5.41) is 15.0. The molecule has 0 aliphatic heterocycles. The van der Waals surface area contributed by atoms with Crippen molar-refractivity contribution >= 4 is 37.3 Å². The van der Waals surface area contributed by atoms with Crippen molar-refractivity contribution in [2.75, 3.05) is 33.0 Å². The minimum Gasteiger partial charge on any atom is -0.480 e. The number of hydrogen-bond donors (Lipinski definition) is 6. The molecule has 0 aliphatic rings. The molecular weight excluding hydrogens is 852 g/mol. The van der Waals surface area contributed by atoms with Gasteiger partial charge in [0.1, 0.15) is 6.61 Å². The molecule has 0 aromatic rings. The van der Waals surface area contributed by atoms with E-state index in [1.165, 1.54) is 25.7 Å².